The van der Waals surface area contributed by atoms with Gasteiger partial charge in [0.2, 0.25) is 0 Å². The van der Waals surface area contributed by atoms with Crippen LogP contribution in [0.25, 0.3) is 0 Å². The SMILES string of the molecule is CC(CCCS(C)(=O)=O)C(C)C(=O)O. The molecular weight excluding hydrogens is 204 g/mol. The summed E-state index contributed by atoms with van der Waals surface area (Å²) < 4.78 is 21.6. The van der Waals surface area contributed by atoms with Crippen LogP contribution in [0.3, 0.4) is 0 Å². The number of carboxylic acid groups (broad SMARTS) is 1. The molecule has 0 aliphatic heterocycles. The molecule has 0 saturated heterocycles. The molecule has 5 heteroatoms. The molecule has 0 fully saturated rings. The summed E-state index contributed by atoms with van der Waals surface area (Å²) in [5, 5.41) is 8.69. The highest BCUT2D eigenvalue weighted by Crippen LogP contribution is 2.17. The van der Waals surface area contributed by atoms with E-state index in [1.807, 2.05) is 6.92 Å². The minimum atomic E-state index is -2.91. The fourth-order valence-electron chi connectivity index (χ4n) is 1.16. The van der Waals surface area contributed by atoms with Gasteiger partial charge in [0.25, 0.3) is 0 Å². The first-order valence-corrected chi connectivity index (χ1v) is 6.70. The zero-order valence-electron chi connectivity index (χ0n) is 8.86. The third kappa shape index (κ3) is 5.96. The first-order valence-electron chi connectivity index (χ1n) is 4.64. The third-order valence-corrected chi connectivity index (χ3v) is 3.45. The van der Waals surface area contributed by atoms with Crippen LogP contribution >= 0.6 is 0 Å². The summed E-state index contributed by atoms with van der Waals surface area (Å²) in [6, 6.07) is 0. The molecule has 2 atom stereocenters. The summed E-state index contributed by atoms with van der Waals surface area (Å²) in [4.78, 5) is 10.6. The fourth-order valence-corrected chi connectivity index (χ4v) is 1.85. The largest absolute Gasteiger partial charge is 0.481 e. The molecule has 0 rings (SSSR count). The van der Waals surface area contributed by atoms with E-state index < -0.39 is 21.7 Å². The van der Waals surface area contributed by atoms with E-state index in [4.69, 9.17) is 5.11 Å². The third-order valence-electron chi connectivity index (χ3n) is 2.42. The Balaban J connectivity index is 3.86. The van der Waals surface area contributed by atoms with Crippen molar-refractivity contribution in [2.75, 3.05) is 12.0 Å². The second-order valence-electron chi connectivity index (χ2n) is 3.88. The number of hydrogen-bond donors (Lipinski definition) is 1. The minimum Gasteiger partial charge on any atom is -0.481 e. The average Bonchev–Trinajstić information content (AvgIpc) is 2.00. The molecule has 0 aromatic rings. The average molecular weight is 222 g/mol. The summed E-state index contributed by atoms with van der Waals surface area (Å²) in [6.07, 6.45) is 2.37. The van der Waals surface area contributed by atoms with Gasteiger partial charge in [0.1, 0.15) is 9.84 Å². The van der Waals surface area contributed by atoms with Crippen molar-refractivity contribution in [3.05, 3.63) is 0 Å². The molecule has 4 nitrogen and oxygen atoms in total. The second-order valence-corrected chi connectivity index (χ2v) is 6.14. The maximum absolute atomic E-state index is 10.8. The van der Waals surface area contributed by atoms with Crippen molar-refractivity contribution < 1.29 is 18.3 Å². The van der Waals surface area contributed by atoms with Crippen molar-refractivity contribution in [1.29, 1.82) is 0 Å². The van der Waals surface area contributed by atoms with Gasteiger partial charge in [-0.25, -0.2) is 8.42 Å². The van der Waals surface area contributed by atoms with E-state index in [0.717, 1.165) is 0 Å². The number of rotatable bonds is 6. The van der Waals surface area contributed by atoms with Crippen molar-refractivity contribution in [3.63, 3.8) is 0 Å². The van der Waals surface area contributed by atoms with E-state index in [1.165, 1.54) is 6.26 Å². The molecule has 0 aromatic heterocycles. The fraction of sp³-hybridized carbons (Fsp3) is 0.889. The van der Waals surface area contributed by atoms with Crippen LogP contribution in [0.1, 0.15) is 26.7 Å². The minimum absolute atomic E-state index is 0.0225. The first-order chi connectivity index (χ1) is 6.24. The lowest BCUT2D eigenvalue weighted by molar-refractivity contribution is -0.142. The Kier molecular flexibility index (Phi) is 5.12. The molecule has 14 heavy (non-hydrogen) atoms. The zero-order valence-corrected chi connectivity index (χ0v) is 9.67. The summed E-state index contributed by atoms with van der Waals surface area (Å²) >= 11 is 0. The maximum Gasteiger partial charge on any atom is 0.306 e. The van der Waals surface area contributed by atoms with E-state index in [1.54, 1.807) is 6.92 Å². The van der Waals surface area contributed by atoms with Gasteiger partial charge in [-0.3, -0.25) is 4.79 Å². The highest BCUT2D eigenvalue weighted by atomic mass is 32.2. The number of hydrogen-bond acceptors (Lipinski definition) is 3. The molecule has 0 spiro atoms. The number of carboxylic acids is 1. The van der Waals surface area contributed by atoms with Crippen molar-refractivity contribution in [2.24, 2.45) is 11.8 Å². The Labute approximate surface area is 85.2 Å². The van der Waals surface area contributed by atoms with Crippen LogP contribution in [0, 0.1) is 11.8 Å². The Morgan fingerprint density at radius 1 is 1.36 bits per heavy atom. The molecule has 0 amide bonds. The molecule has 0 bridgehead atoms. The molecule has 84 valence electrons. The normalized spacial score (nSPS) is 16.2. The van der Waals surface area contributed by atoms with E-state index in [0.29, 0.717) is 12.8 Å². The van der Waals surface area contributed by atoms with Gasteiger partial charge in [0.05, 0.1) is 5.92 Å². The van der Waals surface area contributed by atoms with Crippen LogP contribution in [-0.4, -0.2) is 31.5 Å². The lowest BCUT2D eigenvalue weighted by atomic mass is 9.92. The van der Waals surface area contributed by atoms with Crippen LogP contribution in [0.15, 0.2) is 0 Å². The molecule has 1 N–H and O–H groups in total. The van der Waals surface area contributed by atoms with Gasteiger partial charge in [-0.05, 0) is 18.8 Å². The summed E-state index contributed by atoms with van der Waals surface area (Å²) in [5.41, 5.74) is 0. The van der Waals surface area contributed by atoms with Crippen molar-refractivity contribution >= 4 is 15.8 Å². The maximum atomic E-state index is 10.8. The molecule has 0 aliphatic carbocycles. The Morgan fingerprint density at radius 2 is 1.86 bits per heavy atom. The molecule has 0 heterocycles. The van der Waals surface area contributed by atoms with Crippen LogP contribution in [0.5, 0.6) is 0 Å². The van der Waals surface area contributed by atoms with Crippen molar-refractivity contribution in [3.8, 4) is 0 Å². The zero-order chi connectivity index (χ0) is 11.4. The van der Waals surface area contributed by atoms with Gasteiger partial charge in [-0.2, -0.15) is 0 Å². The van der Waals surface area contributed by atoms with Crippen molar-refractivity contribution in [2.45, 2.75) is 26.7 Å². The molecule has 0 saturated carbocycles. The Bertz CT molecular complexity index is 281. The highest BCUT2D eigenvalue weighted by Gasteiger charge is 2.19. The molecule has 2 unspecified atom stereocenters. The van der Waals surface area contributed by atoms with Gasteiger partial charge in [-0.1, -0.05) is 13.8 Å². The van der Waals surface area contributed by atoms with Crippen LogP contribution in [0.4, 0.5) is 0 Å². The number of carbonyl (C=O) groups is 1. The topological polar surface area (TPSA) is 71.4 Å². The molecule has 0 aliphatic rings. The van der Waals surface area contributed by atoms with E-state index >= 15 is 0 Å². The predicted octanol–water partition coefficient (Wildman–Crippen LogP) is 1.17. The van der Waals surface area contributed by atoms with Crippen molar-refractivity contribution in [1.82, 2.24) is 0 Å². The smallest absolute Gasteiger partial charge is 0.306 e. The predicted molar refractivity (Wildman–Crippen MR) is 54.9 cm³/mol. The highest BCUT2D eigenvalue weighted by molar-refractivity contribution is 7.90. The van der Waals surface area contributed by atoms with Gasteiger partial charge in [-0.15, -0.1) is 0 Å². The molecular formula is C9H18O4S. The summed E-state index contributed by atoms with van der Waals surface area (Å²) in [6.45, 7) is 3.48. The van der Waals surface area contributed by atoms with Crippen LogP contribution < -0.4 is 0 Å². The van der Waals surface area contributed by atoms with Gasteiger partial charge < -0.3 is 5.11 Å². The molecule has 0 radical (unpaired) electrons. The summed E-state index contributed by atoms with van der Waals surface area (Å²) in [5.74, 6) is -1.07. The lowest BCUT2D eigenvalue weighted by Crippen LogP contribution is -2.18. The number of sulfone groups is 1. The Morgan fingerprint density at radius 3 is 2.21 bits per heavy atom. The van der Waals surface area contributed by atoms with Crippen LogP contribution in [-0.2, 0) is 14.6 Å². The van der Waals surface area contributed by atoms with Gasteiger partial charge in [0, 0.05) is 12.0 Å². The first kappa shape index (κ1) is 13.4. The van der Waals surface area contributed by atoms with E-state index in [-0.39, 0.29) is 11.7 Å². The summed E-state index contributed by atoms with van der Waals surface area (Å²) in [7, 11) is -2.91. The Hall–Kier alpha value is -0.580. The van der Waals surface area contributed by atoms with E-state index in [2.05, 4.69) is 0 Å². The standard InChI is InChI=1S/C9H18O4S/c1-7(8(2)9(10)11)5-4-6-14(3,12)13/h7-8H,4-6H2,1-3H3,(H,10,11). The van der Waals surface area contributed by atoms with Gasteiger partial charge in [0.15, 0.2) is 0 Å². The second kappa shape index (κ2) is 5.34. The van der Waals surface area contributed by atoms with Crippen LogP contribution in [0.2, 0.25) is 0 Å². The van der Waals surface area contributed by atoms with Gasteiger partial charge >= 0.3 is 5.97 Å². The molecule has 0 aromatic carbocycles. The lowest BCUT2D eigenvalue weighted by Gasteiger charge is -2.14. The monoisotopic (exact) mass is 222 g/mol. The quantitative estimate of drug-likeness (QED) is 0.732. The number of aliphatic carboxylic acids is 1. The van der Waals surface area contributed by atoms with E-state index in [9.17, 15) is 13.2 Å².